The van der Waals surface area contributed by atoms with E-state index in [4.69, 9.17) is 23.2 Å². The van der Waals surface area contributed by atoms with Crippen LogP contribution in [0.5, 0.6) is 0 Å². The van der Waals surface area contributed by atoms with E-state index in [1.54, 1.807) is 18.2 Å². The summed E-state index contributed by atoms with van der Waals surface area (Å²) in [6.07, 6.45) is 0. The van der Waals surface area contributed by atoms with Gasteiger partial charge in [0.05, 0.1) is 9.85 Å². The van der Waals surface area contributed by atoms with Crippen LogP contribution in [-0.4, -0.2) is 0 Å². The van der Waals surface area contributed by atoms with Crippen LogP contribution in [0.25, 0.3) is 0 Å². The van der Waals surface area contributed by atoms with E-state index in [1.807, 2.05) is 0 Å². The van der Waals surface area contributed by atoms with Crippen LogP contribution in [0.4, 0.5) is 8.78 Å². The van der Waals surface area contributed by atoms with Crippen LogP contribution >= 0.6 is 55.1 Å². The largest absolute Gasteiger partial charge is 0.204 e. The van der Waals surface area contributed by atoms with Crippen molar-refractivity contribution in [2.45, 2.75) is 4.83 Å². The van der Waals surface area contributed by atoms with E-state index in [0.29, 0.717) is 16.1 Å². The normalized spacial score (nSPS) is 12.5. The number of halogens is 6. The predicted octanol–water partition coefficient (Wildman–Crippen LogP) is 6.52. The van der Waals surface area contributed by atoms with Gasteiger partial charge in [-0.15, -0.1) is 0 Å². The molecule has 0 N–H and O–H groups in total. The van der Waals surface area contributed by atoms with Gasteiger partial charge in [0.1, 0.15) is 0 Å². The Labute approximate surface area is 136 Å². The maximum absolute atomic E-state index is 13.3. The standard InChI is InChI=1S/C13H6Br2Cl2F2/c14-8-3-1-2-6(13(8)17)12(15)7-4-10(18)11(19)5-9(7)16/h1-5,12H. The highest BCUT2D eigenvalue weighted by Crippen LogP contribution is 2.41. The molecule has 0 aliphatic heterocycles. The predicted molar refractivity (Wildman–Crippen MR) is 81.3 cm³/mol. The lowest BCUT2D eigenvalue weighted by Gasteiger charge is -2.15. The number of hydrogen-bond acceptors (Lipinski definition) is 0. The van der Waals surface area contributed by atoms with Gasteiger partial charge in [-0.2, -0.15) is 0 Å². The summed E-state index contributed by atoms with van der Waals surface area (Å²) in [7, 11) is 0. The highest BCUT2D eigenvalue weighted by molar-refractivity contribution is 9.10. The van der Waals surface area contributed by atoms with E-state index < -0.39 is 16.5 Å². The van der Waals surface area contributed by atoms with Crippen molar-refractivity contribution in [1.29, 1.82) is 0 Å². The van der Waals surface area contributed by atoms with Gasteiger partial charge in [0.2, 0.25) is 0 Å². The minimum absolute atomic E-state index is 0.136. The van der Waals surface area contributed by atoms with Crippen LogP contribution in [0.15, 0.2) is 34.8 Å². The molecule has 6 heteroatoms. The maximum atomic E-state index is 13.3. The zero-order valence-electron chi connectivity index (χ0n) is 9.23. The van der Waals surface area contributed by atoms with Crippen molar-refractivity contribution in [2.24, 2.45) is 0 Å². The SMILES string of the molecule is Fc1cc(Cl)c(C(Br)c2cccc(Br)c2Cl)cc1F. The summed E-state index contributed by atoms with van der Waals surface area (Å²) in [6, 6.07) is 7.39. The molecule has 0 aliphatic rings. The fourth-order valence-corrected chi connectivity index (χ4v) is 3.52. The first-order valence-corrected chi connectivity index (χ1v) is 7.60. The first kappa shape index (κ1) is 15.2. The Morgan fingerprint density at radius 2 is 1.63 bits per heavy atom. The fraction of sp³-hybridized carbons (Fsp3) is 0.0769. The number of alkyl halides is 1. The summed E-state index contributed by atoms with van der Waals surface area (Å²) in [4.78, 5) is -0.430. The molecule has 0 aliphatic carbocycles. The molecule has 1 atom stereocenters. The molecule has 0 aromatic heterocycles. The highest BCUT2D eigenvalue weighted by Gasteiger charge is 2.20. The molecule has 0 heterocycles. The minimum atomic E-state index is -0.978. The third-order valence-electron chi connectivity index (χ3n) is 2.57. The van der Waals surface area contributed by atoms with Crippen LogP contribution in [0.2, 0.25) is 10.0 Å². The van der Waals surface area contributed by atoms with Gasteiger partial charge in [-0.3, -0.25) is 0 Å². The quantitative estimate of drug-likeness (QED) is 0.376. The van der Waals surface area contributed by atoms with Gasteiger partial charge in [-0.1, -0.05) is 51.3 Å². The van der Waals surface area contributed by atoms with Crippen molar-refractivity contribution < 1.29 is 8.78 Å². The molecular formula is C13H6Br2Cl2F2. The second-order valence-corrected chi connectivity index (χ2v) is 6.35. The highest BCUT2D eigenvalue weighted by atomic mass is 79.9. The first-order chi connectivity index (χ1) is 8.91. The fourth-order valence-electron chi connectivity index (χ4n) is 1.62. The molecule has 0 amide bonds. The molecule has 2 rings (SSSR count). The van der Waals surface area contributed by atoms with Crippen molar-refractivity contribution in [3.8, 4) is 0 Å². The second-order valence-electron chi connectivity index (χ2n) is 3.79. The lowest BCUT2D eigenvalue weighted by Crippen LogP contribution is -1.98. The number of benzene rings is 2. The molecule has 0 saturated carbocycles. The lowest BCUT2D eigenvalue weighted by molar-refractivity contribution is 0.507. The molecule has 0 nitrogen and oxygen atoms in total. The zero-order chi connectivity index (χ0) is 14.2. The Morgan fingerprint density at radius 3 is 2.32 bits per heavy atom. The molecule has 0 fully saturated rings. The van der Waals surface area contributed by atoms with Crippen molar-refractivity contribution >= 4 is 55.1 Å². The lowest BCUT2D eigenvalue weighted by atomic mass is 10.0. The smallest absolute Gasteiger partial charge is 0.160 e. The molecule has 0 spiro atoms. The summed E-state index contributed by atoms with van der Waals surface area (Å²) < 4.78 is 27.1. The summed E-state index contributed by atoms with van der Waals surface area (Å²) in [5, 5.41) is 0.627. The van der Waals surface area contributed by atoms with E-state index in [9.17, 15) is 8.78 Å². The van der Waals surface area contributed by atoms with Crippen molar-refractivity contribution in [3.63, 3.8) is 0 Å². The van der Waals surface area contributed by atoms with Crippen molar-refractivity contribution in [3.05, 3.63) is 67.6 Å². The molecule has 2 aromatic carbocycles. The first-order valence-electron chi connectivity index (χ1n) is 5.14. The topological polar surface area (TPSA) is 0 Å². The molecule has 1 unspecified atom stereocenters. The summed E-state index contributed by atoms with van der Waals surface area (Å²) in [5.74, 6) is -1.93. The van der Waals surface area contributed by atoms with Crippen LogP contribution in [-0.2, 0) is 0 Å². The Hall–Kier alpha value is -0.160. The Morgan fingerprint density at radius 1 is 1.00 bits per heavy atom. The van der Waals surface area contributed by atoms with E-state index in [1.165, 1.54) is 0 Å². The van der Waals surface area contributed by atoms with E-state index in [2.05, 4.69) is 31.9 Å². The van der Waals surface area contributed by atoms with Gasteiger partial charge in [-0.05, 0) is 45.3 Å². The average molecular weight is 431 g/mol. The third-order valence-corrected chi connectivity index (χ3v) is 5.19. The van der Waals surface area contributed by atoms with Gasteiger partial charge < -0.3 is 0 Å². The van der Waals surface area contributed by atoms with Crippen LogP contribution < -0.4 is 0 Å². The zero-order valence-corrected chi connectivity index (χ0v) is 13.9. The molecule has 100 valence electrons. The average Bonchev–Trinajstić information content (AvgIpc) is 2.36. The molecular weight excluding hydrogens is 425 g/mol. The van der Waals surface area contributed by atoms with Crippen LogP contribution in [0.3, 0.4) is 0 Å². The molecule has 19 heavy (non-hydrogen) atoms. The molecule has 2 aromatic rings. The molecule has 0 radical (unpaired) electrons. The number of rotatable bonds is 2. The van der Waals surface area contributed by atoms with E-state index in [-0.39, 0.29) is 5.02 Å². The van der Waals surface area contributed by atoms with Crippen molar-refractivity contribution in [2.75, 3.05) is 0 Å². The van der Waals surface area contributed by atoms with Gasteiger partial charge in [-0.25, -0.2) is 8.78 Å². The number of hydrogen-bond donors (Lipinski definition) is 0. The van der Waals surface area contributed by atoms with Gasteiger partial charge in [0.15, 0.2) is 11.6 Å². The summed E-state index contributed by atoms with van der Waals surface area (Å²) in [5.41, 5.74) is 1.13. The minimum Gasteiger partial charge on any atom is -0.204 e. The van der Waals surface area contributed by atoms with Gasteiger partial charge in [0, 0.05) is 9.50 Å². The molecule has 0 saturated heterocycles. The maximum Gasteiger partial charge on any atom is 0.160 e. The third kappa shape index (κ3) is 3.13. The van der Waals surface area contributed by atoms with Crippen LogP contribution in [0, 0.1) is 11.6 Å². The van der Waals surface area contributed by atoms with E-state index in [0.717, 1.165) is 16.6 Å². The summed E-state index contributed by atoms with van der Waals surface area (Å²) in [6.45, 7) is 0. The Bertz CT molecular complexity index is 632. The Balaban J connectivity index is 2.53. The van der Waals surface area contributed by atoms with Gasteiger partial charge in [0.25, 0.3) is 0 Å². The van der Waals surface area contributed by atoms with Gasteiger partial charge >= 0.3 is 0 Å². The molecule has 0 bridgehead atoms. The summed E-state index contributed by atoms with van der Waals surface area (Å²) >= 11 is 18.8. The second kappa shape index (κ2) is 6.08. The van der Waals surface area contributed by atoms with Crippen LogP contribution in [0.1, 0.15) is 16.0 Å². The monoisotopic (exact) mass is 428 g/mol. The Kier molecular flexibility index (Phi) is 4.88. The van der Waals surface area contributed by atoms with Crippen molar-refractivity contribution in [1.82, 2.24) is 0 Å². The van der Waals surface area contributed by atoms with E-state index >= 15 is 0 Å².